The molecule has 0 spiro atoms. The van der Waals surface area contributed by atoms with Crippen molar-refractivity contribution in [2.24, 2.45) is 52.3 Å². The molecule has 0 heterocycles. The lowest BCUT2D eigenvalue weighted by Crippen LogP contribution is -2.51. The molecule has 4 aliphatic carbocycles. The molecule has 4 nitrogen and oxygen atoms in total. The molecule has 9 atom stereocenters. The standard InChI is InChI=1S/C37H66NO3/c1-10-28(26(5)6)15-14-27(7)32-18-19-33-31-17-16-29-24-30(41-35(39)40-25-38(11-2,12-3)13-4)20-22-36(29,8)34(31)21-23-37(32,33)9/h16,26-28,30-34H,10-15,17-25H2,1-9H3/q+1/t27-,28?,30+,31+,32?,33+,34+,36+,37-/m1/s1. The van der Waals surface area contributed by atoms with E-state index < -0.39 is 6.16 Å². The van der Waals surface area contributed by atoms with E-state index in [-0.39, 0.29) is 11.5 Å². The molecule has 2 unspecified atom stereocenters. The maximum atomic E-state index is 12.7. The first-order valence-electron chi connectivity index (χ1n) is 17.8. The van der Waals surface area contributed by atoms with Crippen LogP contribution in [0.25, 0.3) is 0 Å². The summed E-state index contributed by atoms with van der Waals surface area (Å²) in [6.45, 7) is 24.9. The Morgan fingerprint density at radius 1 is 0.951 bits per heavy atom. The lowest BCUT2D eigenvalue weighted by molar-refractivity contribution is -0.939. The summed E-state index contributed by atoms with van der Waals surface area (Å²) in [7, 11) is 0. The average molecular weight is 573 g/mol. The molecule has 41 heavy (non-hydrogen) atoms. The lowest BCUT2D eigenvalue weighted by atomic mass is 9.47. The van der Waals surface area contributed by atoms with Crippen LogP contribution in [0.5, 0.6) is 0 Å². The first-order chi connectivity index (χ1) is 19.5. The minimum absolute atomic E-state index is 0.0338. The molecule has 0 aromatic carbocycles. The predicted octanol–water partition coefficient (Wildman–Crippen LogP) is 10.0. The number of rotatable bonds is 12. The molecule has 0 N–H and O–H groups in total. The summed E-state index contributed by atoms with van der Waals surface area (Å²) in [5, 5.41) is 0. The quantitative estimate of drug-likeness (QED) is 0.101. The second-order valence-corrected chi connectivity index (χ2v) is 15.8. The summed E-state index contributed by atoms with van der Waals surface area (Å²) in [6.07, 6.45) is 16.2. The van der Waals surface area contributed by atoms with Crippen LogP contribution in [0.1, 0.15) is 133 Å². The maximum absolute atomic E-state index is 12.7. The van der Waals surface area contributed by atoms with E-state index in [0.717, 1.165) is 84.8 Å². The molecular weight excluding hydrogens is 506 g/mol. The van der Waals surface area contributed by atoms with Crippen LogP contribution in [0.3, 0.4) is 0 Å². The Morgan fingerprint density at radius 3 is 2.29 bits per heavy atom. The van der Waals surface area contributed by atoms with Gasteiger partial charge in [-0.1, -0.05) is 66.0 Å². The van der Waals surface area contributed by atoms with Crippen LogP contribution in [0.15, 0.2) is 11.6 Å². The fourth-order valence-electron chi connectivity index (χ4n) is 10.7. The minimum Gasteiger partial charge on any atom is -0.431 e. The lowest BCUT2D eigenvalue weighted by Gasteiger charge is -2.58. The van der Waals surface area contributed by atoms with Crippen molar-refractivity contribution in [3.05, 3.63) is 11.6 Å². The molecule has 4 rings (SSSR count). The van der Waals surface area contributed by atoms with Crippen LogP contribution in [0.2, 0.25) is 0 Å². The van der Waals surface area contributed by atoms with Gasteiger partial charge < -0.3 is 9.47 Å². The monoisotopic (exact) mass is 573 g/mol. The summed E-state index contributed by atoms with van der Waals surface area (Å²) in [6, 6.07) is 0. The first-order valence-corrected chi connectivity index (χ1v) is 17.8. The van der Waals surface area contributed by atoms with Gasteiger partial charge in [-0.25, -0.2) is 4.79 Å². The fraction of sp³-hybridized carbons (Fsp3) is 0.919. The van der Waals surface area contributed by atoms with Crippen LogP contribution in [-0.4, -0.2) is 43.1 Å². The molecule has 3 saturated carbocycles. The number of ether oxygens (including phenoxy) is 2. The summed E-state index contributed by atoms with van der Waals surface area (Å²) >= 11 is 0. The van der Waals surface area contributed by atoms with Gasteiger partial charge in [0, 0.05) is 6.42 Å². The molecule has 0 aromatic rings. The Morgan fingerprint density at radius 2 is 1.66 bits per heavy atom. The maximum Gasteiger partial charge on any atom is 0.512 e. The van der Waals surface area contributed by atoms with Gasteiger partial charge in [-0.05, 0) is 124 Å². The number of carbonyl (C=O) groups is 1. The number of hydrogen-bond donors (Lipinski definition) is 0. The van der Waals surface area contributed by atoms with Crippen molar-refractivity contribution in [3.8, 4) is 0 Å². The third kappa shape index (κ3) is 6.44. The third-order valence-corrected chi connectivity index (χ3v) is 14.0. The summed E-state index contributed by atoms with van der Waals surface area (Å²) in [5.41, 5.74) is 2.38. The smallest absolute Gasteiger partial charge is 0.431 e. The van der Waals surface area contributed by atoms with Gasteiger partial charge in [0.1, 0.15) is 6.10 Å². The zero-order valence-corrected chi connectivity index (χ0v) is 28.5. The van der Waals surface area contributed by atoms with Gasteiger partial charge in [0.15, 0.2) is 0 Å². The van der Waals surface area contributed by atoms with Gasteiger partial charge in [-0.15, -0.1) is 0 Å². The Kier molecular flexibility index (Phi) is 10.7. The molecule has 0 saturated heterocycles. The molecule has 0 aromatic heterocycles. The van der Waals surface area contributed by atoms with E-state index in [2.05, 4.69) is 68.4 Å². The van der Waals surface area contributed by atoms with Crippen molar-refractivity contribution in [1.29, 1.82) is 0 Å². The normalized spacial score (nSPS) is 36.5. The first kappa shape index (κ1) is 32.9. The molecule has 0 radical (unpaired) electrons. The van der Waals surface area contributed by atoms with Crippen LogP contribution >= 0.6 is 0 Å². The summed E-state index contributed by atoms with van der Waals surface area (Å²) < 4.78 is 12.4. The molecule has 3 fully saturated rings. The van der Waals surface area contributed by atoms with Crippen molar-refractivity contribution in [2.75, 3.05) is 26.4 Å². The highest BCUT2D eigenvalue weighted by molar-refractivity contribution is 5.60. The second-order valence-electron chi connectivity index (χ2n) is 15.8. The van der Waals surface area contributed by atoms with Crippen molar-refractivity contribution in [3.63, 3.8) is 0 Å². The van der Waals surface area contributed by atoms with Crippen LogP contribution in [0.4, 0.5) is 4.79 Å². The van der Waals surface area contributed by atoms with Gasteiger partial charge in [-0.3, -0.25) is 4.48 Å². The van der Waals surface area contributed by atoms with Crippen LogP contribution in [0, 0.1) is 52.3 Å². The zero-order valence-electron chi connectivity index (χ0n) is 28.5. The molecular formula is C37H66NO3+. The van der Waals surface area contributed by atoms with E-state index in [4.69, 9.17) is 9.47 Å². The largest absolute Gasteiger partial charge is 0.512 e. The Bertz CT molecular complexity index is 900. The van der Waals surface area contributed by atoms with E-state index in [1.165, 1.54) is 51.4 Å². The Labute approximate surface area is 254 Å². The number of carbonyl (C=O) groups excluding carboxylic acids is 1. The zero-order chi connectivity index (χ0) is 30.0. The molecule has 4 aliphatic rings. The van der Waals surface area contributed by atoms with Gasteiger partial charge in [-0.2, -0.15) is 0 Å². The fourth-order valence-corrected chi connectivity index (χ4v) is 10.7. The van der Waals surface area contributed by atoms with E-state index in [9.17, 15) is 4.79 Å². The summed E-state index contributed by atoms with van der Waals surface area (Å²) in [5.74, 6) is 5.96. The topological polar surface area (TPSA) is 35.5 Å². The van der Waals surface area contributed by atoms with Gasteiger partial charge in [0.05, 0.1) is 19.6 Å². The third-order valence-electron chi connectivity index (χ3n) is 14.0. The Balaban J connectivity index is 1.37. The van der Waals surface area contributed by atoms with Crippen LogP contribution < -0.4 is 0 Å². The van der Waals surface area contributed by atoms with E-state index in [1.807, 2.05) is 0 Å². The molecule has 0 bridgehead atoms. The second kappa shape index (κ2) is 13.3. The number of hydrogen-bond acceptors (Lipinski definition) is 3. The number of allylic oxidation sites excluding steroid dienone is 1. The van der Waals surface area contributed by atoms with Crippen LogP contribution in [-0.2, 0) is 9.47 Å². The highest BCUT2D eigenvalue weighted by atomic mass is 16.7. The van der Waals surface area contributed by atoms with Gasteiger partial charge in [0.2, 0.25) is 6.73 Å². The molecule has 236 valence electrons. The minimum atomic E-state index is -0.469. The highest BCUT2D eigenvalue weighted by Gasteiger charge is 2.59. The molecule has 0 amide bonds. The van der Waals surface area contributed by atoms with Crippen molar-refractivity contribution in [1.82, 2.24) is 0 Å². The number of quaternary nitrogens is 1. The highest BCUT2D eigenvalue weighted by Crippen LogP contribution is 2.67. The Hall–Kier alpha value is -1.03. The predicted molar refractivity (Wildman–Crippen MR) is 170 cm³/mol. The number of nitrogens with zero attached hydrogens (tertiary/aromatic N) is 1. The van der Waals surface area contributed by atoms with E-state index in [1.54, 1.807) is 5.57 Å². The van der Waals surface area contributed by atoms with Gasteiger partial charge >= 0.3 is 6.16 Å². The summed E-state index contributed by atoms with van der Waals surface area (Å²) in [4.78, 5) is 12.7. The van der Waals surface area contributed by atoms with Gasteiger partial charge in [0.25, 0.3) is 0 Å². The number of fused-ring (bicyclic) bond motifs is 5. The average Bonchev–Trinajstić information content (AvgIpc) is 3.31. The molecule has 4 heteroatoms. The van der Waals surface area contributed by atoms with Crippen molar-refractivity contribution >= 4 is 6.16 Å². The SMILES string of the molecule is CCC(CC[C@@H](C)C1CC[C@H]2[C@@H]3CC=C4C[C@@H](OC(=O)OC[N+](CC)(CC)CC)CC[C@]4(C)[C@H]3CC[C@]12C)C(C)C. The van der Waals surface area contributed by atoms with E-state index in [0.29, 0.717) is 12.1 Å². The molecule has 0 aliphatic heterocycles. The van der Waals surface area contributed by atoms with Crippen molar-refractivity contribution in [2.45, 2.75) is 139 Å². The van der Waals surface area contributed by atoms with Crippen molar-refractivity contribution < 1.29 is 18.8 Å². The van der Waals surface area contributed by atoms with E-state index >= 15 is 0 Å².